The lowest BCUT2D eigenvalue weighted by Gasteiger charge is -2.38. The normalized spacial score (nSPS) is 21.4. The fourth-order valence-corrected chi connectivity index (χ4v) is 5.28. The molecule has 1 fully saturated rings. The first-order valence-electron chi connectivity index (χ1n) is 15.0. The SMILES string of the molecule is CNCCN1CCN(C(C)CC(C)C(=O)NC(C)C(C)CC(C)C(=O)NC(C)C(C)CC(C)C(C)=O)CC1. The molecule has 2 amide bonds. The Kier molecular flexibility index (Phi) is 15.7. The number of amides is 2. The quantitative estimate of drug-likeness (QED) is 0.264. The van der Waals surface area contributed by atoms with Crippen LogP contribution in [-0.4, -0.2) is 91.8 Å². The molecule has 0 spiro atoms. The number of rotatable bonds is 17. The molecule has 1 aliphatic rings. The summed E-state index contributed by atoms with van der Waals surface area (Å²) in [6, 6.07) is 0.388. The van der Waals surface area contributed by atoms with Crippen LogP contribution in [0.4, 0.5) is 0 Å². The molecule has 0 aromatic heterocycles. The number of hydrogen-bond donors (Lipinski definition) is 3. The van der Waals surface area contributed by atoms with Gasteiger partial charge < -0.3 is 16.0 Å². The van der Waals surface area contributed by atoms with Crippen molar-refractivity contribution in [1.82, 2.24) is 25.8 Å². The predicted octanol–water partition coefficient (Wildman–Crippen LogP) is 3.16. The van der Waals surface area contributed by atoms with E-state index in [1.165, 1.54) is 0 Å². The molecule has 8 atom stereocenters. The molecule has 38 heavy (non-hydrogen) atoms. The first-order chi connectivity index (χ1) is 17.8. The van der Waals surface area contributed by atoms with E-state index >= 15 is 0 Å². The maximum atomic E-state index is 13.0. The van der Waals surface area contributed by atoms with Gasteiger partial charge in [0.15, 0.2) is 0 Å². The fourth-order valence-electron chi connectivity index (χ4n) is 5.28. The van der Waals surface area contributed by atoms with Crippen molar-refractivity contribution < 1.29 is 14.4 Å². The Balaban J connectivity index is 2.43. The maximum absolute atomic E-state index is 13.0. The van der Waals surface area contributed by atoms with E-state index in [1.807, 2.05) is 41.7 Å². The summed E-state index contributed by atoms with van der Waals surface area (Å²) in [7, 11) is 1.99. The summed E-state index contributed by atoms with van der Waals surface area (Å²) >= 11 is 0. The van der Waals surface area contributed by atoms with Gasteiger partial charge in [-0.1, -0.05) is 34.6 Å². The van der Waals surface area contributed by atoms with E-state index in [4.69, 9.17) is 0 Å². The van der Waals surface area contributed by atoms with Crippen LogP contribution in [0.5, 0.6) is 0 Å². The zero-order valence-corrected chi connectivity index (χ0v) is 26.1. The van der Waals surface area contributed by atoms with E-state index < -0.39 is 0 Å². The highest BCUT2D eigenvalue weighted by Gasteiger charge is 2.27. The molecule has 1 heterocycles. The van der Waals surface area contributed by atoms with Crippen LogP contribution in [0.1, 0.15) is 81.6 Å². The van der Waals surface area contributed by atoms with Crippen LogP contribution < -0.4 is 16.0 Å². The van der Waals surface area contributed by atoms with Crippen molar-refractivity contribution in [2.75, 3.05) is 46.3 Å². The zero-order chi connectivity index (χ0) is 29.0. The zero-order valence-electron chi connectivity index (χ0n) is 26.1. The summed E-state index contributed by atoms with van der Waals surface area (Å²) in [5, 5.41) is 9.58. The largest absolute Gasteiger partial charge is 0.353 e. The van der Waals surface area contributed by atoms with Crippen LogP contribution in [0.15, 0.2) is 0 Å². The van der Waals surface area contributed by atoms with Crippen LogP contribution in [0.3, 0.4) is 0 Å². The first kappa shape index (κ1) is 34.5. The first-order valence-corrected chi connectivity index (χ1v) is 15.0. The molecule has 0 aromatic carbocycles. The van der Waals surface area contributed by atoms with E-state index in [0.29, 0.717) is 12.5 Å². The maximum Gasteiger partial charge on any atom is 0.223 e. The van der Waals surface area contributed by atoms with Gasteiger partial charge >= 0.3 is 0 Å². The Hall–Kier alpha value is -1.51. The average molecular weight is 538 g/mol. The molecule has 1 saturated heterocycles. The summed E-state index contributed by atoms with van der Waals surface area (Å²) in [5.74, 6) is 0.552. The van der Waals surface area contributed by atoms with Gasteiger partial charge in [-0.05, 0) is 65.8 Å². The summed E-state index contributed by atoms with van der Waals surface area (Å²) in [6.45, 7) is 24.4. The Morgan fingerprint density at radius 1 is 0.684 bits per heavy atom. The summed E-state index contributed by atoms with van der Waals surface area (Å²) in [4.78, 5) is 42.4. The van der Waals surface area contributed by atoms with Gasteiger partial charge in [-0.15, -0.1) is 0 Å². The molecule has 8 heteroatoms. The van der Waals surface area contributed by atoms with Gasteiger partial charge in [-0.2, -0.15) is 0 Å². The van der Waals surface area contributed by atoms with Gasteiger partial charge in [0.2, 0.25) is 11.8 Å². The summed E-state index contributed by atoms with van der Waals surface area (Å²) < 4.78 is 0. The number of likely N-dealkylation sites (N-methyl/N-ethyl adjacent to an activating group) is 1. The predicted molar refractivity (Wildman–Crippen MR) is 157 cm³/mol. The Labute approximate surface area is 233 Å². The Morgan fingerprint density at radius 3 is 1.58 bits per heavy atom. The summed E-state index contributed by atoms with van der Waals surface area (Å²) in [5.41, 5.74) is 0. The third-order valence-corrected chi connectivity index (χ3v) is 8.89. The van der Waals surface area contributed by atoms with Crippen molar-refractivity contribution >= 4 is 17.6 Å². The van der Waals surface area contributed by atoms with Crippen molar-refractivity contribution in [3.63, 3.8) is 0 Å². The minimum absolute atomic E-state index is 0.000936. The minimum atomic E-state index is -0.145. The van der Waals surface area contributed by atoms with Crippen molar-refractivity contribution in [3.8, 4) is 0 Å². The van der Waals surface area contributed by atoms with Crippen LogP contribution in [-0.2, 0) is 14.4 Å². The number of nitrogens with one attached hydrogen (secondary N) is 3. The molecule has 8 nitrogen and oxygen atoms in total. The minimum Gasteiger partial charge on any atom is -0.353 e. The fraction of sp³-hybridized carbons (Fsp3) is 0.900. The second kappa shape index (κ2) is 17.2. The lowest BCUT2D eigenvalue weighted by Crippen LogP contribution is -2.51. The van der Waals surface area contributed by atoms with E-state index in [2.05, 4.69) is 46.5 Å². The van der Waals surface area contributed by atoms with Crippen LogP contribution in [0.2, 0.25) is 0 Å². The van der Waals surface area contributed by atoms with Gasteiger partial charge in [0, 0.05) is 75.1 Å². The second-order valence-electron chi connectivity index (χ2n) is 12.4. The van der Waals surface area contributed by atoms with Gasteiger partial charge in [0.1, 0.15) is 5.78 Å². The molecule has 1 rings (SSSR count). The molecule has 0 saturated carbocycles. The molecule has 222 valence electrons. The molecule has 8 unspecified atom stereocenters. The smallest absolute Gasteiger partial charge is 0.223 e. The average Bonchev–Trinajstić information content (AvgIpc) is 2.86. The Bertz CT molecular complexity index is 725. The molecule has 0 radical (unpaired) electrons. The number of ketones is 1. The monoisotopic (exact) mass is 537 g/mol. The lowest BCUT2D eigenvalue weighted by molar-refractivity contribution is -0.126. The van der Waals surface area contributed by atoms with E-state index in [1.54, 1.807) is 6.92 Å². The van der Waals surface area contributed by atoms with Gasteiger partial charge in [0.25, 0.3) is 0 Å². The van der Waals surface area contributed by atoms with Crippen molar-refractivity contribution in [2.24, 2.45) is 29.6 Å². The van der Waals surface area contributed by atoms with Crippen LogP contribution in [0.25, 0.3) is 0 Å². The highest BCUT2D eigenvalue weighted by molar-refractivity contribution is 5.79. The number of carbonyl (C=O) groups is 3. The second-order valence-corrected chi connectivity index (χ2v) is 12.4. The van der Waals surface area contributed by atoms with E-state index in [9.17, 15) is 14.4 Å². The number of carbonyl (C=O) groups excluding carboxylic acids is 3. The van der Waals surface area contributed by atoms with Gasteiger partial charge in [-0.25, -0.2) is 0 Å². The van der Waals surface area contributed by atoms with Crippen molar-refractivity contribution in [1.29, 1.82) is 0 Å². The summed E-state index contributed by atoms with van der Waals surface area (Å²) in [6.07, 6.45) is 2.33. The number of Topliss-reactive ketones (excluding diaryl/α,β-unsaturated/α-hetero) is 1. The molecule has 0 aliphatic carbocycles. The van der Waals surface area contributed by atoms with Gasteiger partial charge in [0.05, 0.1) is 0 Å². The van der Waals surface area contributed by atoms with E-state index in [-0.39, 0.29) is 59.3 Å². The van der Waals surface area contributed by atoms with Crippen molar-refractivity contribution in [2.45, 2.75) is 99.7 Å². The number of hydrogen-bond acceptors (Lipinski definition) is 6. The molecule has 0 aromatic rings. The standard InChI is InChI=1S/C30H59N5O3/c1-20(17-22(3)28(9)36)26(7)32-29(37)23(4)18-21(2)27(8)33-30(38)24(5)19-25(6)35-15-13-34(14-16-35)12-11-31-10/h20-27,31H,11-19H2,1-10H3,(H,32,37)(H,33,38). The highest BCUT2D eigenvalue weighted by Crippen LogP contribution is 2.20. The molecule has 3 N–H and O–H groups in total. The highest BCUT2D eigenvalue weighted by atomic mass is 16.2. The van der Waals surface area contributed by atoms with Crippen molar-refractivity contribution in [3.05, 3.63) is 0 Å². The third kappa shape index (κ3) is 12.1. The topological polar surface area (TPSA) is 93.8 Å². The molecule has 1 aliphatic heterocycles. The molecular weight excluding hydrogens is 478 g/mol. The van der Waals surface area contributed by atoms with E-state index in [0.717, 1.165) is 52.1 Å². The third-order valence-electron chi connectivity index (χ3n) is 8.89. The lowest BCUT2D eigenvalue weighted by atomic mass is 9.88. The molecule has 0 bridgehead atoms. The van der Waals surface area contributed by atoms with Gasteiger partial charge in [-0.3, -0.25) is 24.2 Å². The molecular formula is C30H59N5O3. The van der Waals surface area contributed by atoms with Crippen LogP contribution >= 0.6 is 0 Å². The van der Waals surface area contributed by atoms with Crippen LogP contribution in [0, 0.1) is 29.6 Å². The number of nitrogens with zero attached hydrogens (tertiary/aromatic N) is 2. The Morgan fingerprint density at radius 2 is 1.13 bits per heavy atom. The number of piperazine rings is 1.